The van der Waals surface area contributed by atoms with E-state index >= 15 is 0 Å². The molecule has 18 heavy (non-hydrogen) atoms. The highest BCUT2D eigenvalue weighted by Gasteiger charge is 2.09. The van der Waals surface area contributed by atoms with Crippen LogP contribution in [0, 0.1) is 0 Å². The summed E-state index contributed by atoms with van der Waals surface area (Å²) in [5, 5.41) is 9.65. The molecule has 2 aromatic rings. The lowest BCUT2D eigenvalue weighted by Gasteiger charge is -2.15. The number of halogens is 1. The molecule has 0 saturated carbocycles. The van der Waals surface area contributed by atoms with E-state index in [4.69, 9.17) is 11.6 Å². The van der Waals surface area contributed by atoms with Crippen molar-refractivity contribution in [2.75, 3.05) is 24.3 Å². The molecule has 0 aliphatic rings. The normalized spacial score (nSPS) is 10.2. The molecule has 0 unspecified atom stereocenters. The number of carbonyl (C=O) groups excluding carboxylic acids is 1. The number of amides is 1. The SMILES string of the molecule is CN(C)c1ccc(NC(=O)c2cn[nH]c2)cc1Cl. The highest BCUT2D eigenvalue weighted by molar-refractivity contribution is 6.33. The molecule has 0 aliphatic carbocycles. The van der Waals surface area contributed by atoms with Crippen LogP contribution >= 0.6 is 11.6 Å². The maximum absolute atomic E-state index is 11.8. The molecule has 94 valence electrons. The maximum atomic E-state index is 11.8. The predicted octanol–water partition coefficient (Wildman–Crippen LogP) is 2.38. The Morgan fingerprint density at radius 3 is 2.78 bits per heavy atom. The van der Waals surface area contributed by atoms with E-state index in [2.05, 4.69) is 15.5 Å². The minimum Gasteiger partial charge on any atom is -0.376 e. The Hall–Kier alpha value is -2.01. The van der Waals surface area contributed by atoms with E-state index in [1.807, 2.05) is 25.1 Å². The summed E-state index contributed by atoms with van der Waals surface area (Å²) in [5.41, 5.74) is 2.03. The van der Waals surface area contributed by atoms with Gasteiger partial charge in [0.25, 0.3) is 5.91 Å². The van der Waals surface area contributed by atoms with Crippen LogP contribution in [0.4, 0.5) is 11.4 Å². The lowest BCUT2D eigenvalue weighted by molar-refractivity contribution is 0.102. The van der Waals surface area contributed by atoms with Crippen LogP contribution in [0.2, 0.25) is 5.02 Å². The van der Waals surface area contributed by atoms with Crippen molar-refractivity contribution in [3.8, 4) is 0 Å². The fourth-order valence-corrected chi connectivity index (χ4v) is 1.88. The minimum atomic E-state index is -0.225. The lowest BCUT2D eigenvalue weighted by atomic mass is 10.2. The molecule has 0 bridgehead atoms. The molecular weight excluding hydrogens is 252 g/mol. The number of H-pyrrole nitrogens is 1. The quantitative estimate of drug-likeness (QED) is 0.895. The average Bonchev–Trinajstić information content (AvgIpc) is 2.81. The summed E-state index contributed by atoms with van der Waals surface area (Å²) in [7, 11) is 3.82. The highest BCUT2D eigenvalue weighted by Crippen LogP contribution is 2.27. The van der Waals surface area contributed by atoms with Gasteiger partial charge in [0.05, 0.1) is 22.5 Å². The van der Waals surface area contributed by atoms with E-state index in [0.29, 0.717) is 16.3 Å². The first-order valence-corrected chi connectivity index (χ1v) is 5.72. The summed E-state index contributed by atoms with van der Waals surface area (Å²) in [6.07, 6.45) is 3.00. The van der Waals surface area contributed by atoms with Crippen molar-refractivity contribution in [1.82, 2.24) is 10.2 Å². The van der Waals surface area contributed by atoms with Crippen molar-refractivity contribution in [3.05, 3.63) is 41.2 Å². The number of hydrogen-bond donors (Lipinski definition) is 2. The number of benzene rings is 1. The number of nitrogens with zero attached hydrogens (tertiary/aromatic N) is 2. The molecule has 6 heteroatoms. The van der Waals surface area contributed by atoms with Gasteiger partial charge in [-0.05, 0) is 18.2 Å². The first-order chi connectivity index (χ1) is 8.58. The second kappa shape index (κ2) is 5.10. The molecule has 5 nitrogen and oxygen atoms in total. The van der Waals surface area contributed by atoms with Gasteiger partial charge in [-0.25, -0.2) is 0 Å². The molecule has 1 aromatic carbocycles. The zero-order valence-corrected chi connectivity index (χ0v) is 10.8. The number of anilines is 2. The smallest absolute Gasteiger partial charge is 0.258 e. The van der Waals surface area contributed by atoms with Crippen LogP contribution in [0.15, 0.2) is 30.6 Å². The summed E-state index contributed by atoms with van der Waals surface area (Å²) in [6, 6.07) is 5.38. The molecule has 2 N–H and O–H groups in total. The number of aromatic nitrogens is 2. The van der Waals surface area contributed by atoms with E-state index < -0.39 is 0 Å². The maximum Gasteiger partial charge on any atom is 0.258 e. The summed E-state index contributed by atoms with van der Waals surface area (Å²) >= 11 is 6.12. The van der Waals surface area contributed by atoms with Crippen LogP contribution < -0.4 is 10.2 Å². The van der Waals surface area contributed by atoms with Gasteiger partial charge in [-0.3, -0.25) is 9.89 Å². The zero-order chi connectivity index (χ0) is 13.1. The highest BCUT2D eigenvalue weighted by atomic mass is 35.5. The molecule has 0 fully saturated rings. The van der Waals surface area contributed by atoms with Crippen molar-refractivity contribution in [2.24, 2.45) is 0 Å². The largest absolute Gasteiger partial charge is 0.376 e. The number of aromatic amines is 1. The van der Waals surface area contributed by atoms with Crippen LogP contribution in [0.5, 0.6) is 0 Å². The number of rotatable bonds is 3. The second-order valence-electron chi connectivity index (χ2n) is 4.00. The van der Waals surface area contributed by atoms with Crippen LogP contribution in [0.25, 0.3) is 0 Å². The summed E-state index contributed by atoms with van der Waals surface area (Å²) < 4.78 is 0. The van der Waals surface area contributed by atoms with Gasteiger partial charge in [-0.2, -0.15) is 5.10 Å². The third kappa shape index (κ3) is 2.62. The van der Waals surface area contributed by atoms with E-state index in [1.165, 1.54) is 12.4 Å². The van der Waals surface area contributed by atoms with Gasteiger partial charge in [0.15, 0.2) is 0 Å². The molecule has 0 saturated heterocycles. The van der Waals surface area contributed by atoms with Crippen LogP contribution in [0.1, 0.15) is 10.4 Å². The molecule has 0 spiro atoms. The van der Waals surface area contributed by atoms with Crippen LogP contribution in [-0.2, 0) is 0 Å². The second-order valence-corrected chi connectivity index (χ2v) is 4.41. The fraction of sp³-hybridized carbons (Fsp3) is 0.167. The Bertz CT molecular complexity index is 551. The van der Waals surface area contributed by atoms with Gasteiger partial charge in [0, 0.05) is 26.0 Å². The molecule has 0 aliphatic heterocycles. The van der Waals surface area contributed by atoms with Gasteiger partial charge in [-0.15, -0.1) is 0 Å². The Labute approximate surface area is 110 Å². The van der Waals surface area contributed by atoms with Gasteiger partial charge in [0.1, 0.15) is 0 Å². The van der Waals surface area contributed by atoms with Gasteiger partial charge < -0.3 is 10.2 Å². The van der Waals surface area contributed by atoms with Crippen molar-refractivity contribution < 1.29 is 4.79 Å². The van der Waals surface area contributed by atoms with Crippen molar-refractivity contribution >= 4 is 28.9 Å². The summed E-state index contributed by atoms with van der Waals surface area (Å²) in [5.74, 6) is -0.225. The Morgan fingerprint density at radius 2 is 2.22 bits per heavy atom. The Balaban J connectivity index is 2.16. The van der Waals surface area contributed by atoms with E-state index in [1.54, 1.807) is 12.1 Å². The van der Waals surface area contributed by atoms with Gasteiger partial charge >= 0.3 is 0 Å². The fourth-order valence-electron chi connectivity index (χ4n) is 1.53. The average molecular weight is 265 g/mol. The molecule has 0 atom stereocenters. The van der Waals surface area contributed by atoms with E-state index in [0.717, 1.165) is 5.69 Å². The number of carbonyl (C=O) groups is 1. The van der Waals surface area contributed by atoms with E-state index in [9.17, 15) is 4.79 Å². The van der Waals surface area contributed by atoms with Crippen molar-refractivity contribution in [2.45, 2.75) is 0 Å². The Morgan fingerprint density at radius 1 is 1.44 bits per heavy atom. The minimum absolute atomic E-state index is 0.225. The first kappa shape index (κ1) is 12.4. The number of nitrogens with one attached hydrogen (secondary N) is 2. The predicted molar refractivity (Wildman–Crippen MR) is 72.3 cm³/mol. The monoisotopic (exact) mass is 264 g/mol. The van der Waals surface area contributed by atoms with Crippen LogP contribution in [0.3, 0.4) is 0 Å². The molecule has 2 rings (SSSR count). The van der Waals surface area contributed by atoms with E-state index in [-0.39, 0.29) is 5.91 Å². The zero-order valence-electron chi connectivity index (χ0n) is 10.1. The standard InChI is InChI=1S/C12H13ClN4O/c1-17(2)11-4-3-9(5-10(11)13)16-12(18)8-6-14-15-7-8/h3-7H,1-2H3,(H,14,15)(H,16,18). The molecular formula is C12H13ClN4O. The lowest BCUT2D eigenvalue weighted by Crippen LogP contribution is -2.12. The molecule has 1 amide bonds. The van der Waals surface area contributed by atoms with Gasteiger partial charge in [0.2, 0.25) is 0 Å². The number of hydrogen-bond acceptors (Lipinski definition) is 3. The summed E-state index contributed by atoms with van der Waals surface area (Å²) in [6.45, 7) is 0. The Kier molecular flexibility index (Phi) is 3.53. The third-order valence-corrected chi connectivity index (χ3v) is 2.75. The topological polar surface area (TPSA) is 61.0 Å². The van der Waals surface area contributed by atoms with Crippen LogP contribution in [-0.4, -0.2) is 30.2 Å². The third-order valence-electron chi connectivity index (χ3n) is 2.45. The first-order valence-electron chi connectivity index (χ1n) is 5.35. The van der Waals surface area contributed by atoms with Crippen molar-refractivity contribution in [3.63, 3.8) is 0 Å². The molecule has 1 heterocycles. The molecule has 1 aromatic heterocycles. The van der Waals surface area contributed by atoms with Crippen molar-refractivity contribution in [1.29, 1.82) is 0 Å². The van der Waals surface area contributed by atoms with Gasteiger partial charge in [-0.1, -0.05) is 11.6 Å². The molecule has 0 radical (unpaired) electrons. The summed E-state index contributed by atoms with van der Waals surface area (Å²) in [4.78, 5) is 13.7.